The fourth-order valence-corrected chi connectivity index (χ4v) is 7.71. The molecule has 0 radical (unpaired) electrons. The highest BCUT2D eigenvalue weighted by Gasteiger charge is 2.37. The zero-order valence-electron chi connectivity index (χ0n) is 31.2. The van der Waals surface area contributed by atoms with Crippen LogP contribution in [0.1, 0.15) is 61.2 Å². The molecule has 11 nitrogen and oxygen atoms in total. The highest BCUT2D eigenvalue weighted by molar-refractivity contribution is 7.10. The van der Waals surface area contributed by atoms with Crippen LogP contribution in [0.3, 0.4) is 0 Å². The Morgan fingerprint density at radius 1 is 0.944 bits per heavy atom. The average molecular weight is 761 g/mol. The molecule has 2 aromatic heterocycles. The predicted octanol–water partition coefficient (Wildman–Crippen LogP) is 5.53. The van der Waals surface area contributed by atoms with Crippen LogP contribution in [0.5, 0.6) is 5.88 Å². The van der Waals surface area contributed by atoms with Gasteiger partial charge in [-0.05, 0) is 95.0 Å². The number of fused-ring (bicyclic) bond motifs is 1. The maximum Gasteiger partial charge on any atom is 0.407 e. The largest absolute Gasteiger partial charge is 0.481 e. The van der Waals surface area contributed by atoms with Gasteiger partial charge in [0, 0.05) is 23.1 Å². The first-order valence-corrected chi connectivity index (χ1v) is 18.8. The van der Waals surface area contributed by atoms with E-state index < -0.39 is 59.5 Å². The highest BCUT2D eigenvalue weighted by Crippen LogP contribution is 2.34. The number of rotatable bonds is 14. The summed E-state index contributed by atoms with van der Waals surface area (Å²) in [5.41, 5.74) is 3.43. The standard InChI is InChI=1S/C41H49FN4O7S/c1-41(2,3)37(46-40(51)53-5)39(50)44-31(21-25-6-10-26(11-7-25)27-16-18-43-35(23-27)52-4)33(48)22-28(20-24-8-12-29(42)13-9-24)38(49)45-36-30-17-19-54-34(30)15-14-32(36)47/h6-13,16-19,23,28,31-33,36-37,47-48H,14-15,20-22H2,1-5H3,(H,44,50)(H,45,49)(H,46,51)/t28-,31+,32-,33+,36+,37-/m1/s1. The monoisotopic (exact) mass is 760 g/mol. The number of amides is 3. The van der Waals surface area contributed by atoms with E-state index in [1.54, 1.807) is 57.5 Å². The van der Waals surface area contributed by atoms with Crippen molar-refractivity contribution >= 4 is 29.2 Å². The van der Waals surface area contributed by atoms with E-state index >= 15 is 0 Å². The molecule has 13 heteroatoms. The van der Waals surface area contributed by atoms with Gasteiger partial charge in [0.1, 0.15) is 11.9 Å². The summed E-state index contributed by atoms with van der Waals surface area (Å²) in [7, 11) is 2.76. The summed E-state index contributed by atoms with van der Waals surface area (Å²) < 4.78 is 23.9. The smallest absolute Gasteiger partial charge is 0.407 e. The number of aryl methyl sites for hydroxylation is 1. The fraction of sp³-hybridized carbons (Fsp3) is 0.415. The summed E-state index contributed by atoms with van der Waals surface area (Å²) in [4.78, 5) is 45.6. The summed E-state index contributed by atoms with van der Waals surface area (Å²) in [5, 5.41) is 33.5. The van der Waals surface area contributed by atoms with Crippen molar-refractivity contribution in [3.8, 4) is 17.0 Å². The number of aliphatic hydroxyl groups excluding tert-OH is 2. The molecule has 54 heavy (non-hydrogen) atoms. The van der Waals surface area contributed by atoms with E-state index in [2.05, 4.69) is 20.9 Å². The Hall–Kier alpha value is -4.85. The van der Waals surface area contributed by atoms with Crippen LogP contribution in [0.4, 0.5) is 9.18 Å². The van der Waals surface area contributed by atoms with Crippen molar-refractivity contribution in [1.29, 1.82) is 0 Å². The van der Waals surface area contributed by atoms with E-state index in [0.717, 1.165) is 33.6 Å². The molecule has 0 fully saturated rings. The van der Waals surface area contributed by atoms with Crippen LogP contribution in [-0.2, 0) is 33.6 Å². The second-order valence-corrected chi connectivity index (χ2v) is 15.8. The van der Waals surface area contributed by atoms with Crippen molar-refractivity contribution in [1.82, 2.24) is 20.9 Å². The molecule has 5 rings (SSSR count). The molecule has 2 heterocycles. The number of alkyl carbamates (subject to hydrolysis) is 1. The van der Waals surface area contributed by atoms with Crippen LogP contribution in [0.15, 0.2) is 78.3 Å². The first-order valence-electron chi connectivity index (χ1n) is 18.0. The molecule has 4 aromatic rings. The Bertz CT molecular complexity index is 1880. The first kappa shape index (κ1) is 40.3. The highest BCUT2D eigenvalue weighted by atomic mass is 32.1. The lowest BCUT2D eigenvalue weighted by Crippen LogP contribution is -2.57. The number of thiophene rings is 1. The van der Waals surface area contributed by atoms with Gasteiger partial charge in [0.05, 0.1) is 38.5 Å². The molecule has 0 aliphatic heterocycles. The molecule has 1 aliphatic rings. The van der Waals surface area contributed by atoms with Crippen LogP contribution >= 0.6 is 11.3 Å². The third kappa shape index (κ3) is 10.4. The normalized spacial score (nSPS) is 17.6. The number of carbonyl (C=O) groups is 3. The number of methoxy groups -OCH3 is 2. The number of carbonyl (C=O) groups excluding carboxylic acids is 3. The van der Waals surface area contributed by atoms with Gasteiger partial charge in [-0.1, -0.05) is 57.2 Å². The van der Waals surface area contributed by atoms with Gasteiger partial charge in [0.25, 0.3) is 0 Å². The molecule has 1 aliphatic carbocycles. The van der Waals surface area contributed by atoms with E-state index in [0.29, 0.717) is 17.9 Å². The van der Waals surface area contributed by atoms with Gasteiger partial charge in [-0.2, -0.15) is 0 Å². The maximum absolute atomic E-state index is 14.1. The molecule has 0 unspecified atom stereocenters. The van der Waals surface area contributed by atoms with Crippen LogP contribution < -0.4 is 20.7 Å². The van der Waals surface area contributed by atoms with Gasteiger partial charge in [0.2, 0.25) is 17.7 Å². The minimum atomic E-state index is -1.25. The molecule has 5 N–H and O–H groups in total. The second kappa shape index (κ2) is 18.0. The number of halogens is 1. The molecule has 3 amide bonds. The third-order valence-corrected chi connectivity index (χ3v) is 10.8. The molecular weight excluding hydrogens is 712 g/mol. The van der Waals surface area contributed by atoms with Gasteiger partial charge >= 0.3 is 6.09 Å². The van der Waals surface area contributed by atoms with Crippen molar-refractivity contribution in [3.05, 3.63) is 106 Å². The number of aliphatic hydroxyl groups is 2. The summed E-state index contributed by atoms with van der Waals surface area (Å²) in [6.07, 6.45) is 0.345. The molecule has 0 spiro atoms. The van der Waals surface area contributed by atoms with Gasteiger partial charge in [-0.3, -0.25) is 9.59 Å². The van der Waals surface area contributed by atoms with E-state index in [1.807, 2.05) is 47.8 Å². The minimum Gasteiger partial charge on any atom is -0.481 e. The quantitative estimate of drug-likeness (QED) is 0.112. The SMILES string of the molecule is COC(=O)N[C@H](C(=O)N[C@@H](Cc1ccc(-c2ccnc(OC)c2)cc1)[C@@H](O)C[C@@H](Cc1ccc(F)cc1)C(=O)N[C@H]1c2ccsc2CC[C@H]1O)C(C)(C)C. The van der Waals surface area contributed by atoms with Crippen molar-refractivity contribution in [2.45, 2.75) is 83.2 Å². The van der Waals surface area contributed by atoms with Gasteiger partial charge < -0.3 is 35.6 Å². The summed E-state index contributed by atoms with van der Waals surface area (Å²) in [6, 6.07) is 16.5. The Kier molecular flexibility index (Phi) is 13.4. The lowest BCUT2D eigenvalue weighted by atomic mass is 9.84. The zero-order chi connectivity index (χ0) is 39.0. The van der Waals surface area contributed by atoms with E-state index in [4.69, 9.17) is 9.47 Å². The average Bonchev–Trinajstić information content (AvgIpc) is 3.64. The first-order chi connectivity index (χ1) is 25.7. The molecule has 0 saturated carbocycles. The van der Waals surface area contributed by atoms with E-state index in [9.17, 15) is 29.0 Å². The number of hydrogen-bond donors (Lipinski definition) is 5. The number of pyridine rings is 1. The van der Waals surface area contributed by atoms with Crippen LogP contribution in [0.2, 0.25) is 0 Å². The van der Waals surface area contributed by atoms with Crippen LogP contribution in [0, 0.1) is 17.2 Å². The molecule has 288 valence electrons. The molecular formula is C41H49FN4O7S. The van der Waals surface area contributed by atoms with E-state index in [1.165, 1.54) is 19.2 Å². The number of benzene rings is 2. The Morgan fingerprint density at radius 2 is 1.63 bits per heavy atom. The maximum atomic E-state index is 14.1. The fourth-order valence-electron chi connectivity index (χ4n) is 6.76. The van der Waals surface area contributed by atoms with Gasteiger partial charge in [-0.15, -0.1) is 11.3 Å². The van der Waals surface area contributed by atoms with E-state index in [-0.39, 0.29) is 25.2 Å². The number of nitrogens with one attached hydrogen (secondary N) is 3. The number of nitrogens with zero attached hydrogens (tertiary/aromatic N) is 1. The van der Waals surface area contributed by atoms with Crippen molar-refractivity contribution in [3.63, 3.8) is 0 Å². The zero-order valence-corrected chi connectivity index (χ0v) is 32.0. The Labute approximate surface area is 319 Å². The molecule has 0 saturated heterocycles. The lowest BCUT2D eigenvalue weighted by molar-refractivity contribution is -0.128. The summed E-state index contributed by atoms with van der Waals surface area (Å²) >= 11 is 1.58. The van der Waals surface area contributed by atoms with Crippen LogP contribution in [0.25, 0.3) is 11.1 Å². The third-order valence-electron chi connectivity index (χ3n) is 9.81. The summed E-state index contributed by atoms with van der Waals surface area (Å²) in [6.45, 7) is 5.40. The molecule has 0 bridgehead atoms. The van der Waals surface area contributed by atoms with Crippen LogP contribution in [-0.4, -0.2) is 71.6 Å². The minimum absolute atomic E-state index is 0.0764. The van der Waals surface area contributed by atoms with Gasteiger partial charge in [-0.25, -0.2) is 14.2 Å². The van der Waals surface area contributed by atoms with Crippen molar-refractivity contribution in [2.75, 3.05) is 14.2 Å². The van der Waals surface area contributed by atoms with Crippen molar-refractivity contribution in [2.24, 2.45) is 11.3 Å². The molecule has 6 atom stereocenters. The predicted molar refractivity (Wildman–Crippen MR) is 204 cm³/mol. The lowest BCUT2D eigenvalue weighted by Gasteiger charge is -2.34. The number of hydrogen-bond acceptors (Lipinski definition) is 9. The Morgan fingerprint density at radius 3 is 2.30 bits per heavy atom. The summed E-state index contributed by atoms with van der Waals surface area (Å²) in [5.74, 6) is -1.68. The second-order valence-electron chi connectivity index (χ2n) is 14.8. The Balaban J connectivity index is 1.43. The number of ether oxygens (including phenoxy) is 2. The molecule has 2 aromatic carbocycles. The van der Waals surface area contributed by atoms with Gasteiger partial charge in [0.15, 0.2) is 0 Å². The topological polar surface area (TPSA) is 159 Å². The van der Waals surface area contributed by atoms with Crippen molar-refractivity contribution < 1.29 is 38.5 Å². The number of aromatic nitrogens is 1.